The van der Waals surface area contributed by atoms with Crippen LogP contribution in [0.3, 0.4) is 0 Å². The number of hydrogen-bond donors (Lipinski definition) is 1. The molecule has 6 nitrogen and oxygen atoms in total. The molecule has 1 fully saturated rings. The molecule has 4 aromatic carbocycles. The summed E-state index contributed by atoms with van der Waals surface area (Å²) in [6.07, 6.45) is 1.32. The van der Waals surface area contributed by atoms with Crippen molar-refractivity contribution in [2.24, 2.45) is 0 Å². The summed E-state index contributed by atoms with van der Waals surface area (Å²) in [5.41, 5.74) is 0.346. The molecule has 0 bridgehead atoms. The van der Waals surface area contributed by atoms with Crippen LogP contribution in [0.5, 0.6) is 5.75 Å². The van der Waals surface area contributed by atoms with Crippen molar-refractivity contribution in [2.75, 3.05) is 4.90 Å². The largest absolute Gasteiger partial charge is 0.488 e. The maximum atomic E-state index is 14.4. The number of rotatable bonds is 5. The molecule has 0 saturated carbocycles. The summed E-state index contributed by atoms with van der Waals surface area (Å²) in [4.78, 5) is 39.1. The highest BCUT2D eigenvalue weighted by atomic mass is 19.1. The number of barbiturate groups is 1. The number of carbonyl (C=O) groups excluding carboxylic acids is 3. The molecule has 8 heteroatoms. The minimum absolute atomic E-state index is 0.0340. The number of amides is 4. The van der Waals surface area contributed by atoms with E-state index in [9.17, 15) is 23.2 Å². The Kier molecular flexibility index (Phi) is 6.00. The number of imide groups is 2. The van der Waals surface area contributed by atoms with Gasteiger partial charge in [0.1, 0.15) is 29.6 Å². The van der Waals surface area contributed by atoms with Gasteiger partial charge in [0.2, 0.25) is 0 Å². The van der Waals surface area contributed by atoms with Crippen molar-refractivity contribution in [1.82, 2.24) is 5.32 Å². The molecule has 0 atom stereocenters. The maximum absolute atomic E-state index is 14.4. The Morgan fingerprint density at radius 1 is 0.861 bits per heavy atom. The van der Waals surface area contributed by atoms with Crippen LogP contribution in [0.1, 0.15) is 11.1 Å². The Morgan fingerprint density at radius 2 is 1.64 bits per heavy atom. The van der Waals surface area contributed by atoms with Crippen molar-refractivity contribution in [1.29, 1.82) is 0 Å². The quantitative estimate of drug-likeness (QED) is 0.306. The van der Waals surface area contributed by atoms with Gasteiger partial charge in [-0.15, -0.1) is 0 Å². The summed E-state index contributed by atoms with van der Waals surface area (Å²) < 4.78 is 34.0. The van der Waals surface area contributed by atoms with Crippen LogP contribution in [0.25, 0.3) is 16.8 Å². The Balaban J connectivity index is 1.59. The molecule has 1 heterocycles. The number of halogens is 2. The third-order valence-corrected chi connectivity index (χ3v) is 5.70. The predicted molar refractivity (Wildman–Crippen MR) is 130 cm³/mol. The van der Waals surface area contributed by atoms with Crippen LogP contribution >= 0.6 is 0 Å². The minimum atomic E-state index is -1.05. The number of ether oxygens (including phenoxy) is 1. The van der Waals surface area contributed by atoms with E-state index >= 15 is 0 Å². The second kappa shape index (κ2) is 9.42. The molecule has 1 aliphatic heterocycles. The first-order chi connectivity index (χ1) is 17.4. The van der Waals surface area contributed by atoms with Crippen molar-refractivity contribution >= 4 is 40.4 Å². The summed E-state index contributed by atoms with van der Waals surface area (Å²) in [7, 11) is 0. The maximum Gasteiger partial charge on any atom is 0.336 e. The second-order valence-corrected chi connectivity index (χ2v) is 8.03. The van der Waals surface area contributed by atoms with E-state index in [1.807, 2.05) is 18.2 Å². The zero-order valence-electron chi connectivity index (χ0n) is 18.7. The number of carbonyl (C=O) groups is 3. The number of nitrogens with zero attached hydrogens (tertiary/aromatic N) is 1. The van der Waals surface area contributed by atoms with Crippen LogP contribution in [0.15, 0.2) is 90.5 Å². The lowest BCUT2D eigenvalue weighted by molar-refractivity contribution is -0.122. The zero-order chi connectivity index (χ0) is 25.2. The second-order valence-electron chi connectivity index (χ2n) is 8.03. The fourth-order valence-electron chi connectivity index (χ4n) is 3.99. The number of fused-ring (bicyclic) bond motifs is 1. The van der Waals surface area contributed by atoms with Gasteiger partial charge in [-0.25, -0.2) is 18.5 Å². The van der Waals surface area contributed by atoms with Gasteiger partial charge in [-0.1, -0.05) is 54.6 Å². The number of hydrogen-bond acceptors (Lipinski definition) is 4. The summed E-state index contributed by atoms with van der Waals surface area (Å²) >= 11 is 0. The molecule has 1 N–H and O–H groups in total. The van der Waals surface area contributed by atoms with E-state index in [1.54, 1.807) is 30.3 Å². The summed E-state index contributed by atoms with van der Waals surface area (Å²) in [6.45, 7) is 0.0340. The van der Waals surface area contributed by atoms with E-state index in [0.717, 1.165) is 11.5 Å². The molecule has 0 aromatic heterocycles. The highest BCUT2D eigenvalue weighted by Crippen LogP contribution is 2.32. The van der Waals surface area contributed by atoms with E-state index in [2.05, 4.69) is 5.32 Å². The Labute approximate surface area is 204 Å². The van der Waals surface area contributed by atoms with Crippen molar-refractivity contribution in [3.63, 3.8) is 0 Å². The first kappa shape index (κ1) is 22.9. The van der Waals surface area contributed by atoms with Crippen molar-refractivity contribution < 1.29 is 27.9 Å². The zero-order valence-corrected chi connectivity index (χ0v) is 18.7. The lowest BCUT2D eigenvalue weighted by Gasteiger charge is -2.26. The summed E-state index contributed by atoms with van der Waals surface area (Å²) in [5, 5.41) is 3.59. The number of benzene rings is 4. The molecule has 5 rings (SSSR count). The molecular formula is C28H18F2N2O4. The summed E-state index contributed by atoms with van der Waals surface area (Å²) in [5.74, 6) is -2.75. The molecule has 1 aliphatic rings. The van der Waals surface area contributed by atoms with Crippen molar-refractivity contribution in [2.45, 2.75) is 6.61 Å². The smallest absolute Gasteiger partial charge is 0.336 e. The van der Waals surface area contributed by atoms with Gasteiger partial charge in [0.15, 0.2) is 0 Å². The topological polar surface area (TPSA) is 75.7 Å². The van der Waals surface area contributed by atoms with Crippen LogP contribution in [0, 0.1) is 11.6 Å². The van der Waals surface area contributed by atoms with Crippen LogP contribution in [-0.2, 0) is 16.2 Å². The molecule has 178 valence electrons. The fraction of sp³-hybridized carbons (Fsp3) is 0.0357. The molecule has 36 heavy (non-hydrogen) atoms. The van der Waals surface area contributed by atoms with Gasteiger partial charge < -0.3 is 4.74 Å². The van der Waals surface area contributed by atoms with Gasteiger partial charge >= 0.3 is 6.03 Å². The molecule has 1 saturated heterocycles. The van der Waals surface area contributed by atoms with E-state index in [-0.39, 0.29) is 17.9 Å². The molecule has 0 spiro atoms. The van der Waals surface area contributed by atoms with Gasteiger partial charge in [-0.3, -0.25) is 14.9 Å². The van der Waals surface area contributed by atoms with Crippen LogP contribution in [0.4, 0.5) is 19.3 Å². The Hall–Kier alpha value is -4.85. The standard InChI is InChI=1S/C28H18F2N2O4/c29-19-8-5-6-17(14-19)16-36-25-13-12-18-7-1-2-9-20(18)21(25)15-22-26(33)31-28(35)32(27(22)34)24-11-4-3-10-23(24)30/h1-15H,16H2,(H,31,33,35)/b22-15-. The average molecular weight is 484 g/mol. The fourth-order valence-corrected chi connectivity index (χ4v) is 3.99. The predicted octanol–water partition coefficient (Wildman–Crippen LogP) is 5.36. The highest BCUT2D eigenvalue weighted by Gasteiger charge is 2.38. The third kappa shape index (κ3) is 4.32. The molecule has 4 aromatic rings. The number of anilines is 1. The Morgan fingerprint density at radius 3 is 2.44 bits per heavy atom. The SMILES string of the molecule is O=C1NC(=O)N(c2ccccc2F)C(=O)/C1=C\c1c(OCc2cccc(F)c2)ccc2ccccc12. The average Bonchev–Trinajstić information content (AvgIpc) is 2.86. The monoisotopic (exact) mass is 484 g/mol. The van der Waals surface area contributed by atoms with Crippen LogP contribution in [-0.4, -0.2) is 17.8 Å². The van der Waals surface area contributed by atoms with Crippen LogP contribution < -0.4 is 15.0 Å². The van der Waals surface area contributed by atoms with Gasteiger partial charge in [0.05, 0.1) is 5.69 Å². The van der Waals surface area contributed by atoms with E-state index in [1.165, 1.54) is 36.4 Å². The van der Waals surface area contributed by atoms with Crippen LogP contribution in [0.2, 0.25) is 0 Å². The van der Waals surface area contributed by atoms with E-state index in [0.29, 0.717) is 27.2 Å². The molecular weight excluding hydrogens is 466 g/mol. The number of nitrogens with one attached hydrogen (secondary N) is 1. The Bertz CT molecular complexity index is 1560. The van der Waals surface area contributed by atoms with Gasteiger partial charge in [0.25, 0.3) is 11.8 Å². The van der Waals surface area contributed by atoms with Crippen molar-refractivity contribution in [3.8, 4) is 5.75 Å². The minimum Gasteiger partial charge on any atom is -0.488 e. The summed E-state index contributed by atoms with van der Waals surface area (Å²) in [6, 6.07) is 20.9. The molecule has 0 unspecified atom stereocenters. The molecule has 0 radical (unpaired) electrons. The first-order valence-corrected chi connectivity index (χ1v) is 11.0. The number of para-hydroxylation sites is 1. The molecule has 0 aliphatic carbocycles. The highest BCUT2D eigenvalue weighted by molar-refractivity contribution is 6.39. The van der Waals surface area contributed by atoms with Crippen molar-refractivity contribution in [3.05, 3.63) is 113 Å². The number of urea groups is 1. The van der Waals surface area contributed by atoms with Gasteiger partial charge in [0, 0.05) is 5.56 Å². The lowest BCUT2D eigenvalue weighted by atomic mass is 9.99. The van der Waals surface area contributed by atoms with Gasteiger partial charge in [-0.05, 0) is 52.7 Å². The van der Waals surface area contributed by atoms with E-state index < -0.39 is 29.5 Å². The normalized spacial score (nSPS) is 14.9. The third-order valence-electron chi connectivity index (χ3n) is 5.70. The lowest BCUT2D eigenvalue weighted by Crippen LogP contribution is -2.54. The van der Waals surface area contributed by atoms with E-state index in [4.69, 9.17) is 4.74 Å². The van der Waals surface area contributed by atoms with Gasteiger partial charge in [-0.2, -0.15) is 0 Å². The first-order valence-electron chi connectivity index (χ1n) is 11.0. The molecule has 4 amide bonds.